The summed E-state index contributed by atoms with van der Waals surface area (Å²) in [4.78, 5) is 26.6. The highest BCUT2D eigenvalue weighted by molar-refractivity contribution is 9.10. The standard InChI is InChI=1S/C22H25BrN2O3/c1-15(2)11-12-28-20-9-5-18(6-10-20)24-22(27)16-13-21(26)25(14-16)19-7-3-17(23)4-8-19/h3-10,15-16H,11-14H2,1-2H3,(H,24,27)/t16-/m0/s1. The normalized spacial score (nSPS) is 16.5. The average Bonchev–Trinajstić information content (AvgIpc) is 3.05. The highest BCUT2D eigenvalue weighted by atomic mass is 79.9. The van der Waals surface area contributed by atoms with Gasteiger partial charge in [0, 0.05) is 28.8 Å². The topological polar surface area (TPSA) is 58.6 Å². The summed E-state index contributed by atoms with van der Waals surface area (Å²) in [6.07, 6.45) is 1.22. The molecule has 1 aliphatic rings. The Labute approximate surface area is 174 Å². The first-order chi connectivity index (χ1) is 13.4. The molecule has 2 amide bonds. The Morgan fingerprint density at radius 1 is 1.18 bits per heavy atom. The van der Waals surface area contributed by atoms with Gasteiger partial charge in [0.05, 0.1) is 12.5 Å². The molecule has 2 aromatic rings. The Bertz CT molecular complexity index is 819. The highest BCUT2D eigenvalue weighted by Crippen LogP contribution is 2.27. The number of benzene rings is 2. The fourth-order valence-corrected chi connectivity index (χ4v) is 3.31. The molecule has 0 unspecified atom stereocenters. The highest BCUT2D eigenvalue weighted by Gasteiger charge is 2.35. The number of amides is 2. The van der Waals surface area contributed by atoms with Crippen LogP contribution in [-0.2, 0) is 9.59 Å². The van der Waals surface area contributed by atoms with Crippen molar-refractivity contribution in [2.75, 3.05) is 23.4 Å². The third-order valence-corrected chi connectivity index (χ3v) is 5.25. The molecule has 0 spiro atoms. The summed E-state index contributed by atoms with van der Waals surface area (Å²) in [5.74, 6) is 0.858. The van der Waals surface area contributed by atoms with Gasteiger partial charge in [-0.15, -0.1) is 0 Å². The Hall–Kier alpha value is -2.34. The molecule has 0 saturated carbocycles. The number of rotatable bonds is 7. The number of nitrogens with one attached hydrogen (secondary N) is 1. The van der Waals surface area contributed by atoms with Crippen molar-refractivity contribution in [3.63, 3.8) is 0 Å². The summed E-state index contributed by atoms with van der Waals surface area (Å²) in [6.45, 7) is 5.39. The minimum atomic E-state index is -0.363. The van der Waals surface area contributed by atoms with E-state index in [1.807, 2.05) is 48.5 Å². The van der Waals surface area contributed by atoms with E-state index in [2.05, 4.69) is 35.1 Å². The molecule has 28 heavy (non-hydrogen) atoms. The quantitative estimate of drug-likeness (QED) is 0.662. The minimum absolute atomic E-state index is 0.0311. The maximum atomic E-state index is 12.6. The Balaban J connectivity index is 1.54. The molecule has 2 aromatic carbocycles. The van der Waals surface area contributed by atoms with Crippen molar-refractivity contribution in [1.82, 2.24) is 0 Å². The van der Waals surface area contributed by atoms with Crippen molar-refractivity contribution < 1.29 is 14.3 Å². The molecule has 0 radical (unpaired) electrons. The lowest BCUT2D eigenvalue weighted by Crippen LogP contribution is -2.28. The van der Waals surface area contributed by atoms with E-state index in [9.17, 15) is 9.59 Å². The molecule has 3 rings (SSSR count). The number of ether oxygens (including phenoxy) is 1. The van der Waals surface area contributed by atoms with Crippen molar-refractivity contribution >= 4 is 39.1 Å². The first-order valence-electron chi connectivity index (χ1n) is 9.52. The maximum Gasteiger partial charge on any atom is 0.229 e. The SMILES string of the molecule is CC(C)CCOc1ccc(NC(=O)[C@H]2CC(=O)N(c3ccc(Br)cc3)C2)cc1. The number of halogens is 1. The third-order valence-electron chi connectivity index (χ3n) is 4.72. The van der Waals surface area contributed by atoms with Gasteiger partial charge in [0.2, 0.25) is 11.8 Å². The summed E-state index contributed by atoms with van der Waals surface area (Å²) < 4.78 is 6.65. The monoisotopic (exact) mass is 444 g/mol. The van der Waals surface area contributed by atoms with Crippen molar-refractivity contribution in [1.29, 1.82) is 0 Å². The number of nitrogens with zero attached hydrogens (tertiary/aromatic N) is 1. The van der Waals surface area contributed by atoms with Gasteiger partial charge in [0.25, 0.3) is 0 Å². The molecule has 1 N–H and O–H groups in total. The predicted molar refractivity (Wildman–Crippen MR) is 115 cm³/mol. The molecule has 0 bridgehead atoms. The summed E-state index contributed by atoms with van der Waals surface area (Å²) in [6, 6.07) is 14.9. The molecule has 6 heteroatoms. The predicted octanol–water partition coefficient (Wildman–Crippen LogP) is 4.87. The van der Waals surface area contributed by atoms with Crippen molar-refractivity contribution in [3.05, 3.63) is 53.0 Å². The van der Waals surface area contributed by atoms with Gasteiger partial charge in [-0.2, -0.15) is 0 Å². The summed E-state index contributed by atoms with van der Waals surface area (Å²) in [5, 5.41) is 2.91. The van der Waals surface area contributed by atoms with Crippen LogP contribution in [0.1, 0.15) is 26.7 Å². The number of hydrogen-bond acceptors (Lipinski definition) is 3. The molecule has 1 heterocycles. The fourth-order valence-electron chi connectivity index (χ4n) is 3.05. The molecule has 1 atom stereocenters. The van der Waals surface area contributed by atoms with Crippen LogP contribution in [0, 0.1) is 11.8 Å². The second-order valence-electron chi connectivity index (χ2n) is 7.43. The zero-order valence-corrected chi connectivity index (χ0v) is 17.7. The van der Waals surface area contributed by atoms with Gasteiger partial charge in [-0.1, -0.05) is 29.8 Å². The van der Waals surface area contributed by atoms with E-state index in [1.165, 1.54) is 0 Å². The van der Waals surface area contributed by atoms with Crippen LogP contribution in [0.5, 0.6) is 5.75 Å². The molecule has 1 saturated heterocycles. The molecule has 148 valence electrons. The van der Waals surface area contributed by atoms with Gasteiger partial charge in [0.1, 0.15) is 5.75 Å². The Morgan fingerprint density at radius 3 is 2.50 bits per heavy atom. The van der Waals surface area contributed by atoms with Crippen LogP contribution in [-0.4, -0.2) is 25.0 Å². The molecule has 0 aromatic heterocycles. The van der Waals surface area contributed by atoms with Gasteiger partial charge in [0.15, 0.2) is 0 Å². The first-order valence-corrected chi connectivity index (χ1v) is 10.3. The number of anilines is 2. The van der Waals surface area contributed by atoms with Crippen LogP contribution in [0.25, 0.3) is 0 Å². The van der Waals surface area contributed by atoms with Crippen LogP contribution in [0.2, 0.25) is 0 Å². The number of carbonyl (C=O) groups is 2. The van der Waals surface area contributed by atoms with E-state index in [0.29, 0.717) is 24.8 Å². The largest absolute Gasteiger partial charge is 0.494 e. The third kappa shape index (κ3) is 5.35. The molecular weight excluding hydrogens is 420 g/mol. The second kappa shape index (κ2) is 9.24. The van der Waals surface area contributed by atoms with Crippen molar-refractivity contribution in [2.24, 2.45) is 11.8 Å². The van der Waals surface area contributed by atoms with Gasteiger partial charge < -0.3 is 15.0 Å². The average molecular weight is 445 g/mol. The molecule has 1 fully saturated rings. The zero-order chi connectivity index (χ0) is 20.1. The lowest BCUT2D eigenvalue weighted by molar-refractivity contribution is -0.122. The number of carbonyl (C=O) groups excluding carboxylic acids is 2. The van der Waals surface area contributed by atoms with E-state index < -0.39 is 0 Å². The van der Waals surface area contributed by atoms with E-state index in [0.717, 1.165) is 22.3 Å². The fraction of sp³-hybridized carbons (Fsp3) is 0.364. The molecule has 0 aliphatic carbocycles. The smallest absolute Gasteiger partial charge is 0.229 e. The van der Waals surface area contributed by atoms with E-state index in [1.54, 1.807) is 4.90 Å². The van der Waals surface area contributed by atoms with Crippen LogP contribution < -0.4 is 15.0 Å². The summed E-state index contributed by atoms with van der Waals surface area (Å²) in [5.41, 5.74) is 1.52. The lowest BCUT2D eigenvalue weighted by Gasteiger charge is -2.17. The van der Waals surface area contributed by atoms with Gasteiger partial charge >= 0.3 is 0 Å². The van der Waals surface area contributed by atoms with Gasteiger partial charge in [-0.05, 0) is 60.9 Å². The zero-order valence-electron chi connectivity index (χ0n) is 16.2. The van der Waals surface area contributed by atoms with Crippen molar-refractivity contribution in [3.8, 4) is 5.75 Å². The molecule has 5 nitrogen and oxygen atoms in total. The summed E-state index contributed by atoms with van der Waals surface area (Å²) in [7, 11) is 0. The Morgan fingerprint density at radius 2 is 1.86 bits per heavy atom. The van der Waals surface area contributed by atoms with Crippen LogP contribution in [0.4, 0.5) is 11.4 Å². The molecule has 1 aliphatic heterocycles. The summed E-state index contributed by atoms with van der Waals surface area (Å²) >= 11 is 3.39. The second-order valence-corrected chi connectivity index (χ2v) is 8.34. The number of hydrogen-bond donors (Lipinski definition) is 1. The lowest BCUT2D eigenvalue weighted by atomic mass is 10.1. The van der Waals surface area contributed by atoms with Crippen LogP contribution in [0.3, 0.4) is 0 Å². The van der Waals surface area contributed by atoms with E-state index >= 15 is 0 Å². The maximum absolute atomic E-state index is 12.6. The van der Waals surface area contributed by atoms with Gasteiger partial charge in [-0.3, -0.25) is 9.59 Å². The van der Waals surface area contributed by atoms with E-state index in [4.69, 9.17) is 4.74 Å². The van der Waals surface area contributed by atoms with Crippen molar-refractivity contribution in [2.45, 2.75) is 26.7 Å². The van der Waals surface area contributed by atoms with Gasteiger partial charge in [-0.25, -0.2) is 0 Å². The first kappa shape index (κ1) is 20.4. The van der Waals surface area contributed by atoms with E-state index in [-0.39, 0.29) is 24.2 Å². The molecular formula is C22H25BrN2O3. The Kier molecular flexibility index (Phi) is 6.73. The van der Waals surface area contributed by atoms with Crippen LogP contribution in [0.15, 0.2) is 53.0 Å². The van der Waals surface area contributed by atoms with Crippen LogP contribution >= 0.6 is 15.9 Å². The minimum Gasteiger partial charge on any atom is -0.494 e.